The van der Waals surface area contributed by atoms with Crippen molar-refractivity contribution < 1.29 is 14.1 Å². The minimum Gasteiger partial charge on any atom is -0.377 e. The number of nitrogens with two attached hydrogens (primary N) is 1. The summed E-state index contributed by atoms with van der Waals surface area (Å²) in [7, 11) is 1.55. The summed E-state index contributed by atoms with van der Waals surface area (Å²) in [5, 5.41) is 6.43. The van der Waals surface area contributed by atoms with E-state index in [2.05, 4.69) is 10.5 Å². The van der Waals surface area contributed by atoms with E-state index in [1.165, 1.54) is 0 Å². The summed E-state index contributed by atoms with van der Waals surface area (Å²) in [5.41, 5.74) is 5.70. The molecule has 0 saturated carbocycles. The lowest BCUT2D eigenvalue weighted by molar-refractivity contribution is 0.0928. The molecule has 0 saturated heterocycles. The number of hydrogen-bond acceptors (Lipinski definition) is 5. The predicted molar refractivity (Wildman–Crippen MR) is 62.4 cm³/mol. The summed E-state index contributed by atoms with van der Waals surface area (Å²) < 4.78 is 9.79. The van der Waals surface area contributed by atoms with Crippen molar-refractivity contribution in [3.8, 4) is 0 Å². The maximum Gasteiger partial charge on any atom is 0.273 e. The van der Waals surface area contributed by atoms with Crippen LogP contribution in [0.1, 0.15) is 30.1 Å². The number of methoxy groups -OCH3 is 1. The summed E-state index contributed by atoms with van der Waals surface area (Å²) in [4.78, 5) is 11.7. The van der Waals surface area contributed by atoms with Gasteiger partial charge in [-0.15, -0.1) is 0 Å². The average molecular weight is 241 g/mol. The summed E-state index contributed by atoms with van der Waals surface area (Å²) in [6.07, 6.45) is 0. The molecule has 0 aliphatic carbocycles. The van der Waals surface area contributed by atoms with Crippen molar-refractivity contribution in [2.45, 2.75) is 20.5 Å². The number of nitrogens with one attached hydrogen (secondary N) is 1. The van der Waals surface area contributed by atoms with Gasteiger partial charge in [0.15, 0.2) is 11.5 Å². The molecule has 6 nitrogen and oxygen atoms in total. The maximum atomic E-state index is 11.7. The zero-order chi connectivity index (χ0) is 12.9. The molecule has 0 aliphatic rings. The first-order valence-corrected chi connectivity index (χ1v) is 5.41. The molecule has 0 fully saturated rings. The highest BCUT2D eigenvalue weighted by molar-refractivity contribution is 5.92. The third kappa shape index (κ3) is 4.16. The first-order valence-electron chi connectivity index (χ1n) is 5.41. The number of ether oxygens (including phenoxy) is 1. The first-order chi connectivity index (χ1) is 7.98. The molecular weight excluding hydrogens is 222 g/mol. The summed E-state index contributed by atoms with van der Waals surface area (Å²) in [5.74, 6) is 0.258. The van der Waals surface area contributed by atoms with Gasteiger partial charge in [-0.25, -0.2) is 0 Å². The van der Waals surface area contributed by atoms with Crippen LogP contribution < -0.4 is 11.1 Å². The van der Waals surface area contributed by atoms with Crippen molar-refractivity contribution in [3.63, 3.8) is 0 Å². The van der Waals surface area contributed by atoms with Crippen LogP contribution in [-0.4, -0.2) is 31.3 Å². The topological polar surface area (TPSA) is 90.4 Å². The van der Waals surface area contributed by atoms with Crippen LogP contribution in [0.3, 0.4) is 0 Å². The molecule has 96 valence electrons. The number of rotatable bonds is 6. The second-order valence-corrected chi connectivity index (χ2v) is 4.66. The minimum atomic E-state index is -0.266. The second-order valence-electron chi connectivity index (χ2n) is 4.66. The van der Waals surface area contributed by atoms with Crippen LogP contribution in [0.15, 0.2) is 10.6 Å². The standard InChI is InChI=1S/C11H19N3O3/c1-11(2,6-12)7-13-10(15)9-4-8(5-16-3)17-14-9/h4H,5-7,12H2,1-3H3,(H,13,15). The Morgan fingerprint density at radius 2 is 2.35 bits per heavy atom. The number of aromatic nitrogens is 1. The molecule has 0 atom stereocenters. The Morgan fingerprint density at radius 3 is 2.94 bits per heavy atom. The molecule has 0 spiro atoms. The molecule has 1 heterocycles. The lowest BCUT2D eigenvalue weighted by Crippen LogP contribution is -2.38. The van der Waals surface area contributed by atoms with Crippen molar-refractivity contribution in [2.24, 2.45) is 11.1 Å². The molecule has 1 rings (SSSR count). The normalized spacial score (nSPS) is 11.5. The van der Waals surface area contributed by atoms with Crippen molar-refractivity contribution in [2.75, 3.05) is 20.2 Å². The molecule has 1 aromatic heterocycles. The highest BCUT2D eigenvalue weighted by Crippen LogP contribution is 2.11. The summed E-state index contributed by atoms with van der Waals surface area (Å²) >= 11 is 0. The molecule has 0 aromatic carbocycles. The van der Waals surface area contributed by atoms with Gasteiger partial charge in [0.25, 0.3) is 5.91 Å². The van der Waals surface area contributed by atoms with Crippen LogP contribution in [-0.2, 0) is 11.3 Å². The van der Waals surface area contributed by atoms with Crippen molar-refractivity contribution in [1.29, 1.82) is 0 Å². The van der Waals surface area contributed by atoms with Crippen LogP contribution in [0.2, 0.25) is 0 Å². The lowest BCUT2D eigenvalue weighted by atomic mass is 9.94. The molecule has 3 N–H and O–H groups in total. The molecule has 17 heavy (non-hydrogen) atoms. The van der Waals surface area contributed by atoms with Crippen LogP contribution in [0.25, 0.3) is 0 Å². The monoisotopic (exact) mass is 241 g/mol. The van der Waals surface area contributed by atoms with E-state index in [9.17, 15) is 4.79 Å². The number of nitrogens with zero attached hydrogens (tertiary/aromatic N) is 1. The van der Waals surface area contributed by atoms with E-state index in [1.807, 2.05) is 13.8 Å². The smallest absolute Gasteiger partial charge is 0.273 e. The molecule has 6 heteroatoms. The van der Waals surface area contributed by atoms with Gasteiger partial charge < -0.3 is 20.3 Å². The number of hydrogen-bond donors (Lipinski definition) is 2. The number of amides is 1. The predicted octanol–water partition coefficient (Wildman–Crippen LogP) is 0.536. The molecule has 0 bridgehead atoms. The van der Waals surface area contributed by atoms with E-state index in [-0.39, 0.29) is 17.0 Å². The third-order valence-corrected chi connectivity index (χ3v) is 2.36. The van der Waals surface area contributed by atoms with E-state index in [4.69, 9.17) is 15.0 Å². The molecule has 0 aliphatic heterocycles. The molecule has 0 radical (unpaired) electrons. The van der Waals surface area contributed by atoms with E-state index < -0.39 is 0 Å². The fourth-order valence-corrected chi connectivity index (χ4v) is 1.11. The van der Waals surface area contributed by atoms with Gasteiger partial charge in [0.1, 0.15) is 6.61 Å². The van der Waals surface area contributed by atoms with Crippen LogP contribution in [0, 0.1) is 5.41 Å². The van der Waals surface area contributed by atoms with Crippen LogP contribution >= 0.6 is 0 Å². The minimum absolute atomic E-state index is 0.130. The van der Waals surface area contributed by atoms with Crippen LogP contribution in [0.4, 0.5) is 0 Å². The lowest BCUT2D eigenvalue weighted by Gasteiger charge is -2.22. The summed E-state index contributed by atoms with van der Waals surface area (Å²) in [6, 6.07) is 1.56. The Bertz CT molecular complexity index is 374. The number of carbonyl (C=O) groups is 1. The number of carbonyl (C=O) groups excluding carboxylic acids is 1. The molecule has 0 unspecified atom stereocenters. The van der Waals surface area contributed by atoms with Gasteiger partial charge >= 0.3 is 0 Å². The van der Waals surface area contributed by atoms with Crippen molar-refractivity contribution >= 4 is 5.91 Å². The van der Waals surface area contributed by atoms with Gasteiger partial charge in [0.05, 0.1) is 0 Å². The zero-order valence-electron chi connectivity index (χ0n) is 10.4. The third-order valence-electron chi connectivity index (χ3n) is 2.36. The van der Waals surface area contributed by atoms with Gasteiger partial charge in [0.2, 0.25) is 0 Å². The zero-order valence-corrected chi connectivity index (χ0v) is 10.4. The van der Waals surface area contributed by atoms with Gasteiger partial charge in [-0.2, -0.15) is 0 Å². The molecule has 1 amide bonds. The van der Waals surface area contributed by atoms with Crippen LogP contribution in [0.5, 0.6) is 0 Å². The van der Waals surface area contributed by atoms with Crippen molar-refractivity contribution in [1.82, 2.24) is 10.5 Å². The van der Waals surface area contributed by atoms with Crippen molar-refractivity contribution in [3.05, 3.63) is 17.5 Å². The highest BCUT2D eigenvalue weighted by atomic mass is 16.5. The fourth-order valence-electron chi connectivity index (χ4n) is 1.11. The van der Waals surface area contributed by atoms with Gasteiger partial charge in [0, 0.05) is 19.7 Å². The van der Waals surface area contributed by atoms with Gasteiger partial charge in [-0.1, -0.05) is 19.0 Å². The molecular formula is C11H19N3O3. The Kier molecular flexibility index (Phi) is 4.65. The SMILES string of the molecule is COCc1cc(C(=O)NCC(C)(C)CN)no1. The maximum absolute atomic E-state index is 11.7. The highest BCUT2D eigenvalue weighted by Gasteiger charge is 2.18. The summed E-state index contributed by atoms with van der Waals surface area (Å²) in [6.45, 7) is 5.25. The Balaban J connectivity index is 2.52. The van der Waals surface area contributed by atoms with E-state index in [0.717, 1.165) is 0 Å². The Morgan fingerprint density at radius 1 is 1.65 bits per heavy atom. The fraction of sp³-hybridized carbons (Fsp3) is 0.636. The van der Waals surface area contributed by atoms with Gasteiger partial charge in [-0.3, -0.25) is 4.79 Å². The largest absolute Gasteiger partial charge is 0.377 e. The van der Waals surface area contributed by atoms with E-state index in [1.54, 1.807) is 13.2 Å². The van der Waals surface area contributed by atoms with Gasteiger partial charge in [-0.05, 0) is 12.0 Å². The first kappa shape index (κ1) is 13.7. The Labute approximate surface area is 100 Å². The second kappa shape index (κ2) is 5.79. The molecule has 1 aromatic rings. The quantitative estimate of drug-likeness (QED) is 0.758. The average Bonchev–Trinajstić information content (AvgIpc) is 2.75. The van der Waals surface area contributed by atoms with E-state index in [0.29, 0.717) is 25.5 Å². The van der Waals surface area contributed by atoms with E-state index >= 15 is 0 Å². The Hall–Kier alpha value is -1.40.